The number of carboxylic acid groups (broad SMARTS) is 1. The molecule has 5 nitrogen and oxygen atoms in total. The summed E-state index contributed by atoms with van der Waals surface area (Å²) in [6, 6.07) is 9.32. The number of rotatable bonds is 5. The number of thiophene rings is 1. The molecule has 0 unspecified atom stereocenters. The minimum atomic E-state index is -0.999. The molecule has 0 saturated heterocycles. The van der Waals surface area contributed by atoms with Gasteiger partial charge in [-0.25, -0.2) is 9.59 Å². The van der Waals surface area contributed by atoms with Crippen LogP contribution in [0, 0.1) is 0 Å². The molecule has 1 aromatic heterocycles. The van der Waals surface area contributed by atoms with Gasteiger partial charge in [0.2, 0.25) is 0 Å². The maximum absolute atomic E-state index is 11.5. The maximum Gasteiger partial charge on any atom is 0.407 e. The van der Waals surface area contributed by atoms with Gasteiger partial charge in [0.15, 0.2) is 0 Å². The maximum atomic E-state index is 11.5. The summed E-state index contributed by atoms with van der Waals surface area (Å²) in [5, 5.41) is 14.7. The first-order chi connectivity index (χ1) is 9.66. The van der Waals surface area contributed by atoms with Crippen LogP contribution in [-0.2, 0) is 17.9 Å². The van der Waals surface area contributed by atoms with Crippen molar-refractivity contribution in [1.29, 1.82) is 0 Å². The molecule has 6 heteroatoms. The molecule has 1 heterocycles. The lowest BCUT2D eigenvalue weighted by atomic mass is 10.2. The van der Waals surface area contributed by atoms with Gasteiger partial charge in [0.05, 0.1) is 5.56 Å². The number of hydrogen-bond donors (Lipinski definition) is 2. The van der Waals surface area contributed by atoms with E-state index in [0.717, 1.165) is 5.56 Å². The molecule has 1 amide bonds. The SMILES string of the molecule is O=C(NCc1cscc1C(=O)O)OCc1ccccc1. The third-order valence-electron chi connectivity index (χ3n) is 2.61. The second-order valence-corrected chi connectivity index (χ2v) is 4.77. The molecule has 0 bridgehead atoms. The largest absolute Gasteiger partial charge is 0.478 e. The van der Waals surface area contributed by atoms with Gasteiger partial charge < -0.3 is 15.2 Å². The molecule has 0 aliphatic rings. The number of benzene rings is 1. The molecule has 0 aliphatic carbocycles. The Labute approximate surface area is 119 Å². The molecule has 2 aromatic rings. The second kappa shape index (κ2) is 6.72. The van der Waals surface area contributed by atoms with E-state index in [2.05, 4.69) is 5.32 Å². The Bertz CT molecular complexity index is 594. The molecule has 2 N–H and O–H groups in total. The monoisotopic (exact) mass is 291 g/mol. The van der Waals surface area contributed by atoms with Crippen molar-refractivity contribution in [2.75, 3.05) is 0 Å². The first-order valence-corrected chi connectivity index (χ1v) is 6.84. The number of nitrogens with one attached hydrogen (secondary N) is 1. The number of hydrogen-bond acceptors (Lipinski definition) is 4. The fraction of sp³-hybridized carbons (Fsp3) is 0.143. The molecule has 1 aromatic carbocycles. The third-order valence-corrected chi connectivity index (χ3v) is 3.40. The number of amides is 1. The molecule has 2 rings (SSSR count). The normalized spacial score (nSPS) is 10.0. The number of carbonyl (C=O) groups excluding carboxylic acids is 1. The average Bonchev–Trinajstić information content (AvgIpc) is 2.92. The van der Waals surface area contributed by atoms with E-state index in [0.29, 0.717) is 5.56 Å². The minimum Gasteiger partial charge on any atom is -0.478 e. The molecule has 0 atom stereocenters. The topological polar surface area (TPSA) is 75.6 Å². The Morgan fingerprint density at radius 3 is 2.65 bits per heavy atom. The highest BCUT2D eigenvalue weighted by atomic mass is 32.1. The molecule has 0 spiro atoms. The molecular weight excluding hydrogens is 278 g/mol. The Morgan fingerprint density at radius 1 is 1.20 bits per heavy atom. The van der Waals surface area contributed by atoms with Crippen molar-refractivity contribution < 1.29 is 19.4 Å². The van der Waals surface area contributed by atoms with Crippen molar-refractivity contribution in [2.45, 2.75) is 13.2 Å². The number of carbonyl (C=O) groups is 2. The van der Waals surface area contributed by atoms with Crippen LogP contribution in [0.4, 0.5) is 4.79 Å². The van der Waals surface area contributed by atoms with Crippen LogP contribution in [0.1, 0.15) is 21.5 Å². The van der Waals surface area contributed by atoms with Crippen LogP contribution in [0.5, 0.6) is 0 Å². The molecule has 104 valence electrons. The van der Waals surface area contributed by atoms with Crippen molar-refractivity contribution in [3.63, 3.8) is 0 Å². The lowest BCUT2D eigenvalue weighted by Gasteiger charge is -2.07. The number of aromatic carboxylic acids is 1. The predicted octanol–water partition coefficient (Wildman–Crippen LogP) is 2.87. The van der Waals surface area contributed by atoms with Crippen molar-refractivity contribution in [3.8, 4) is 0 Å². The summed E-state index contributed by atoms with van der Waals surface area (Å²) >= 11 is 1.28. The Balaban J connectivity index is 1.80. The zero-order chi connectivity index (χ0) is 14.4. The van der Waals surface area contributed by atoms with E-state index >= 15 is 0 Å². The summed E-state index contributed by atoms with van der Waals surface area (Å²) in [7, 11) is 0. The van der Waals surface area contributed by atoms with Gasteiger partial charge in [-0.15, -0.1) is 0 Å². The molecular formula is C14H13NO4S. The van der Waals surface area contributed by atoms with E-state index in [1.807, 2.05) is 30.3 Å². The molecule has 0 aliphatic heterocycles. The lowest BCUT2D eigenvalue weighted by Crippen LogP contribution is -2.24. The van der Waals surface area contributed by atoms with Crippen molar-refractivity contribution in [3.05, 3.63) is 57.8 Å². The van der Waals surface area contributed by atoms with E-state index in [-0.39, 0.29) is 18.7 Å². The Kier molecular flexibility index (Phi) is 4.73. The van der Waals surface area contributed by atoms with Gasteiger partial charge in [-0.1, -0.05) is 30.3 Å². The quantitative estimate of drug-likeness (QED) is 0.888. The highest BCUT2D eigenvalue weighted by Gasteiger charge is 2.12. The first kappa shape index (κ1) is 14.1. The van der Waals surface area contributed by atoms with Crippen molar-refractivity contribution in [1.82, 2.24) is 5.32 Å². The fourth-order valence-electron chi connectivity index (χ4n) is 1.59. The molecule has 0 radical (unpaired) electrons. The Hall–Kier alpha value is -2.34. The Morgan fingerprint density at radius 2 is 1.95 bits per heavy atom. The summed E-state index contributed by atoms with van der Waals surface area (Å²) in [4.78, 5) is 22.4. The van der Waals surface area contributed by atoms with Crippen LogP contribution in [0.15, 0.2) is 41.1 Å². The van der Waals surface area contributed by atoms with Gasteiger partial charge >= 0.3 is 12.1 Å². The summed E-state index contributed by atoms with van der Waals surface area (Å²) in [6.45, 7) is 0.320. The lowest BCUT2D eigenvalue weighted by molar-refractivity contribution is 0.0695. The van der Waals surface area contributed by atoms with Gasteiger partial charge in [-0.05, 0) is 16.5 Å². The van der Waals surface area contributed by atoms with E-state index in [9.17, 15) is 9.59 Å². The average molecular weight is 291 g/mol. The molecule has 20 heavy (non-hydrogen) atoms. The highest BCUT2D eigenvalue weighted by Crippen LogP contribution is 2.14. The van der Waals surface area contributed by atoms with Crippen LogP contribution in [-0.4, -0.2) is 17.2 Å². The standard InChI is InChI=1S/C14H13NO4S/c16-13(17)12-9-20-8-11(12)6-15-14(18)19-7-10-4-2-1-3-5-10/h1-5,8-9H,6-7H2,(H,15,18)(H,16,17). The van der Waals surface area contributed by atoms with Crippen molar-refractivity contribution >= 4 is 23.4 Å². The second-order valence-electron chi connectivity index (χ2n) is 4.03. The first-order valence-electron chi connectivity index (χ1n) is 5.89. The highest BCUT2D eigenvalue weighted by molar-refractivity contribution is 7.08. The molecule has 0 saturated carbocycles. The van der Waals surface area contributed by atoms with E-state index in [4.69, 9.17) is 9.84 Å². The summed E-state index contributed by atoms with van der Waals surface area (Å²) in [6.07, 6.45) is -0.573. The van der Waals surface area contributed by atoms with Crippen LogP contribution >= 0.6 is 11.3 Å². The van der Waals surface area contributed by atoms with E-state index < -0.39 is 12.1 Å². The van der Waals surface area contributed by atoms with Gasteiger partial charge in [0.1, 0.15) is 6.61 Å². The zero-order valence-electron chi connectivity index (χ0n) is 10.5. The predicted molar refractivity (Wildman–Crippen MR) is 74.7 cm³/mol. The van der Waals surface area contributed by atoms with Gasteiger partial charge in [0, 0.05) is 11.9 Å². The number of carboxylic acids is 1. The van der Waals surface area contributed by atoms with Crippen LogP contribution in [0.25, 0.3) is 0 Å². The third kappa shape index (κ3) is 3.83. The van der Waals surface area contributed by atoms with Gasteiger partial charge in [-0.3, -0.25) is 0 Å². The fourth-order valence-corrected chi connectivity index (χ4v) is 2.42. The summed E-state index contributed by atoms with van der Waals surface area (Å²) in [5.74, 6) is -0.999. The smallest absolute Gasteiger partial charge is 0.407 e. The van der Waals surface area contributed by atoms with Gasteiger partial charge in [-0.2, -0.15) is 11.3 Å². The van der Waals surface area contributed by atoms with Crippen LogP contribution in [0.3, 0.4) is 0 Å². The van der Waals surface area contributed by atoms with Crippen LogP contribution in [0.2, 0.25) is 0 Å². The van der Waals surface area contributed by atoms with E-state index in [1.165, 1.54) is 16.7 Å². The van der Waals surface area contributed by atoms with E-state index in [1.54, 1.807) is 5.38 Å². The summed E-state index contributed by atoms with van der Waals surface area (Å²) in [5.41, 5.74) is 1.67. The van der Waals surface area contributed by atoms with Crippen molar-refractivity contribution in [2.24, 2.45) is 0 Å². The molecule has 0 fully saturated rings. The zero-order valence-corrected chi connectivity index (χ0v) is 11.4. The number of ether oxygens (including phenoxy) is 1. The summed E-state index contributed by atoms with van der Waals surface area (Å²) < 4.78 is 5.03. The van der Waals surface area contributed by atoms with Gasteiger partial charge in [0.25, 0.3) is 0 Å². The number of alkyl carbamates (subject to hydrolysis) is 1. The van der Waals surface area contributed by atoms with Crippen LogP contribution < -0.4 is 5.32 Å². The minimum absolute atomic E-state index is 0.138.